The number of halogens is 2. The van der Waals surface area contributed by atoms with Crippen LogP contribution in [-0.2, 0) is 13.2 Å². The van der Waals surface area contributed by atoms with Crippen LogP contribution >= 0.6 is 15.9 Å². The molecule has 2 heterocycles. The molecule has 0 N–H and O–H groups in total. The third kappa shape index (κ3) is 5.09. The Labute approximate surface area is 183 Å². The number of piperazine rings is 1. The first-order valence-corrected chi connectivity index (χ1v) is 10.6. The predicted octanol–water partition coefficient (Wildman–Crippen LogP) is 4.72. The highest BCUT2D eigenvalue weighted by Gasteiger charge is 2.24. The topological polar surface area (TPSA) is 45.9 Å². The van der Waals surface area contributed by atoms with E-state index < -0.39 is 0 Å². The van der Waals surface area contributed by atoms with E-state index in [1.54, 1.807) is 29.2 Å². The fourth-order valence-corrected chi connectivity index (χ4v) is 3.65. The Morgan fingerprint density at radius 1 is 1.00 bits per heavy atom. The lowest BCUT2D eigenvalue weighted by molar-refractivity contribution is 0.0593. The van der Waals surface area contributed by atoms with Crippen LogP contribution in [0.1, 0.15) is 21.9 Å². The highest BCUT2D eigenvalue weighted by Crippen LogP contribution is 2.19. The first kappa shape index (κ1) is 20.6. The van der Waals surface area contributed by atoms with Gasteiger partial charge in [-0.05, 0) is 42.5 Å². The average molecular weight is 473 g/mol. The lowest BCUT2D eigenvalue weighted by Crippen LogP contribution is -2.48. The molecule has 5 nitrogen and oxygen atoms in total. The van der Waals surface area contributed by atoms with Crippen LogP contribution in [0.3, 0.4) is 0 Å². The molecule has 1 amide bonds. The minimum Gasteiger partial charge on any atom is -0.486 e. The van der Waals surface area contributed by atoms with Crippen LogP contribution in [0.25, 0.3) is 0 Å². The summed E-state index contributed by atoms with van der Waals surface area (Å²) in [5.41, 5.74) is 0.679. The van der Waals surface area contributed by atoms with Crippen LogP contribution in [0.2, 0.25) is 0 Å². The van der Waals surface area contributed by atoms with Crippen molar-refractivity contribution in [3.63, 3.8) is 0 Å². The van der Waals surface area contributed by atoms with Crippen molar-refractivity contribution in [3.05, 3.63) is 88.0 Å². The van der Waals surface area contributed by atoms with E-state index in [4.69, 9.17) is 9.15 Å². The van der Waals surface area contributed by atoms with Crippen LogP contribution in [0.4, 0.5) is 4.39 Å². The Morgan fingerprint density at radius 2 is 1.73 bits per heavy atom. The predicted molar refractivity (Wildman–Crippen MR) is 115 cm³/mol. The number of hydrogen-bond acceptors (Lipinski definition) is 4. The molecule has 7 heteroatoms. The van der Waals surface area contributed by atoms with Crippen molar-refractivity contribution >= 4 is 21.8 Å². The molecule has 0 unspecified atom stereocenters. The maximum absolute atomic E-state index is 13.8. The summed E-state index contributed by atoms with van der Waals surface area (Å²) in [6.07, 6.45) is 0. The molecule has 2 aromatic carbocycles. The number of carbonyl (C=O) groups is 1. The molecule has 30 heavy (non-hydrogen) atoms. The standard InChI is InChI=1S/C23H22BrFN2O3/c24-18-5-7-19(8-6-18)29-16-20-9-10-22(30-20)23(28)27-13-11-26(12-14-27)15-17-3-1-2-4-21(17)25/h1-10H,11-16H2. The highest BCUT2D eigenvalue weighted by atomic mass is 79.9. The second kappa shape index (κ2) is 9.45. The zero-order valence-electron chi connectivity index (χ0n) is 16.4. The summed E-state index contributed by atoms with van der Waals surface area (Å²) < 4.78 is 26.2. The monoisotopic (exact) mass is 472 g/mol. The van der Waals surface area contributed by atoms with Gasteiger partial charge in [0.15, 0.2) is 5.76 Å². The van der Waals surface area contributed by atoms with Crippen LogP contribution < -0.4 is 4.74 Å². The number of nitrogens with zero attached hydrogens (tertiary/aromatic N) is 2. The number of hydrogen-bond donors (Lipinski definition) is 0. The van der Waals surface area contributed by atoms with E-state index >= 15 is 0 Å². The van der Waals surface area contributed by atoms with E-state index in [1.165, 1.54) is 6.07 Å². The van der Waals surface area contributed by atoms with Gasteiger partial charge in [-0.3, -0.25) is 9.69 Å². The van der Waals surface area contributed by atoms with Crippen molar-refractivity contribution in [2.75, 3.05) is 26.2 Å². The molecule has 1 aliphatic rings. The molecule has 0 spiro atoms. The summed E-state index contributed by atoms with van der Waals surface area (Å²) in [5, 5.41) is 0. The van der Waals surface area contributed by atoms with Gasteiger partial charge >= 0.3 is 0 Å². The van der Waals surface area contributed by atoms with Gasteiger partial charge in [-0.25, -0.2) is 4.39 Å². The smallest absolute Gasteiger partial charge is 0.289 e. The molecular formula is C23H22BrFN2O3. The largest absolute Gasteiger partial charge is 0.486 e. The Morgan fingerprint density at radius 3 is 2.47 bits per heavy atom. The third-order valence-electron chi connectivity index (χ3n) is 5.08. The zero-order chi connectivity index (χ0) is 20.9. The van der Waals surface area contributed by atoms with E-state index in [1.807, 2.05) is 30.3 Å². The van der Waals surface area contributed by atoms with Gasteiger partial charge in [0, 0.05) is 42.8 Å². The fourth-order valence-electron chi connectivity index (χ4n) is 3.39. The van der Waals surface area contributed by atoms with E-state index in [-0.39, 0.29) is 18.3 Å². The Kier molecular flexibility index (Phi) is 6.50. The lowest BCUT2D eigenvalue weighted by atomic mass is 10.2. The highest BCUT2D eigenvalue weighted by molar-refractivity contribution is 9.10. The van der Waals surface area contributed by atoms with Crippen molar-refractivity contribution in [2.45, 2.75) is 13.2 Å². The van der Waals surface area contributed by atoms with E-state index in [9.17, 15) is 9.18 Å². The van der Waals surface area contributed by atoms with Crippen LogP contribution in [0.15, 0.2) is 69.6 Å². The molecule has 156 valence electrons. The van der Waals surface area contributed by atoms with Gasteiger partial charge < -0.3 is 14.1 Å². The first-order valence-electron chi connectivity index (χ1n) is 9.80. The number of ether oxygens (including phenoxy) is 1. The van der Waals surface area contributed by atoms with Gasteiger partial charge in [0.1, 0.15) is 23.9 Å². The van der Waals surface area contributed by atoms with E-state index in [2.05, 4.69) is 20.8 Å². The molecule has 0 saturated carbocycles. The quantitative estimate of drug-likeness (QED) is 0.520. The summed E-state index contributed by atoms with van der Waals surface area (Å²) in [6, 6.07) is 17.8. The minimum atomic E-state index is -0.190. The molecule has 3 aromatic rings. The van der Waals surface area contributed by atoms with E-state index in [0.717, 1.165) is 10.2 Å². The second-order valence-electron chi connectivity index (χ2n) is 7.17. The first-order chi connectivity index (χ1) is 14.6. The number of rotatable bonds is 6. The van der Waals surface area contributed by atoms with Gasteiger partial charge in [-0.1, -0.05) is 34.1 Å². The zero-order valence-corrected chi connectivity index (χ0v) is 18.0. The number of amides is 1. The Hall–Kier alpha value is -2.64. The SMILES string of the molecule is O=C(c1ccc(COc2ccc(Br)cc2)o1)N1CCN(Cc2ccccc2F)CC1. The number of benzene rings is 2. The maximum Gasteiger partial charge on any atom is 0.289 e. The van der Waals surface area contributed by atoms with E-state index in [0.29, 0.717) is 49.8 Å². The molecule has 1 aromatic heterocycles. The molecule has 4 rings (SSSR count). The third-order valence-corrected chi connectivity index (χ3v) is 5.61. The van der Waals surface area contributed by atoms with Gasteiger partial charge in [0.2, 0.25) is 0 Å². The molecule has 0 radical (unpaired) electrons. The maximum atomic E-state index is 13.8. The summed E-state index contributed by atoms with van der Waals surface area (Å²) in [7, 11) is 0. The van der Waals surface area contributed by atoms with Gasteiger partial charge in [0.05, 0.1) is 0 Å². The van der Waals surface area contributed by atoms with Crippen molar-refractivity contribution in [1.29, 1.82) is 0 Å². The summed E-state index contributed by atoms with van der Waals surface area (Å²) in [4.78, 5) is 16.7. The lowest BCUT2D eigenvalue weighted by Gasteiger charge is -2.34. The van der Waals surface area contributed by atoms with Crippen molar-refractivity contribution in [1.82, 2.24) is 9.80 Å². The minimum absolute atomic E-state index is 0.129. The van der Waals surface area contributed by atoms with Crippen molar-refractivity contribution in [3.8, 4) is 5.75 Å². The molecule has 0 aliphatic carbocycles. The number of carbonyl (C=O) groups excluding carboxylic acids is 1. The molecule has 0 bridgehead atoms. The fraction of sp³-hybridized carbons (Fsp3) is 0.261. The van der Waals surface area contributed by atoms with Crippen LogP contribution in [-0.4, -0.2) is 41.9 Å². The van der Waals surface area contributed by atoms with Gasteiger partial charge in [-0.15, -0.1) is 0 Å². The molecule has 0 atom stereocenters. The summed E-state index contributed by atoms with van der Waals surface area (Å²) >= 11 is 3.39. The Balaban J connectivity index is 1.28. The normalized spacial score (nSPS) is 14.7. The van der Waals surface area contributed by atoms with Crippen molar-refractivity contribution in [2.24, 2.45) is 0 Å². The molecule has 1 aliphatic heterocycles. The molecule has 1 fully saturated rings. The van der Waals surface area contributed by atoms with Crippen LogP contribution in [0, 0.1) is 5.82 Å². The second-order valence-corrected chi connectivity index (χ2v) is 8.08. The molecular weight excluding hydrogens is 451 g/mol. The van der Waals surface area contributed by atoms with Crippen molar-refractivity contribution < 1.29 is 18.3 Å². The number of furan rings is 1. The Bertz CT molecular complexity index is 998. The van der Waals surface area contributed by atoms with Gasteiger partial charge in [-0.2, -0.15) is 0 Å². The van der Waals surface area contributed by atoms with Gasteiger partial charge in [0.25, 0.3) is 5.91 Å². The van der Waals surface area contributed by atoms with Crippen LogP contribution in [0.5, 0.6) is 5.75 Å². The molecule has 1 saturated heterocycles. The average Bonchev–Trinajstić information content (AvgIpc) is 3.24. The summed E-state index contributed by atoms with van der Waals surface area (Å²) in [6.45, 7) is 3.36. The summed E-state index contributed by atoms with van der Waals surface area (Å²) in [5.74, 6) is 1.32.